The topological polar surface area (TPSA) is 0 Å². The zero-order valence-electron chi connectivity index (χ0n) is 36.9. The van der Waals surface area contributed by atoms with Crippen molar-refractivity contribution >= 4 is 21.8 Å². The highest BCUT2D eigenvalue weighted by molar-refractivity contribution is 6.50. The molecule has 0 unspecified atom stereocenters. The van der Waals surface area contributed by atoms with Crippen LogP contribution in [0.15, 0.2) is 127 Å². The summed E-state index contributed by atoms with van der Waals surface area (Å²) in [7, 11) is -18.0. The highest BCUT2D eigenvalue weighted by atomic mass is 127. The summed E-state index contributed by atoms with van der Waals surface area (Å²) in [5, 5.41) is 0. The zero-order chi connectivity index (χ0) is 48.8. The Morgan fingerprint density at radius 1 is 0.391 bits per heavy atom. The molecule has 0 amide bonds. The Bertz CT molecular complexity index is 1780. The van der Waals surface area contributed by atoms with Crippen molar-refractivity contribution in [2.75, 3.05) is 0 Å². The molecule has 356 valence electrons. The number of halogens is 15. The van der Waals surface area contributed by atoms with E-state index in [1.54, 1.807) is 18.3 Å². The molecular formula is C46H58B3F12I3. The average Bonchev–Trinajstić information content (AvgIpc) is 3.19. The maximum absolute atomic E-state index is 9.75. The van der Waals surface area contributed by atoms with Crippen molar-refractivity contribution < 1.29 is 117 Å². The Balaban J connectivity index is 0.000000884. The van der Waals surface area contributed by atoms with Crippen molar-refractivity contribution in [1.82, 2.24) is 0 Å². The van der Waals surface area contributed by atoms with Gasteiger partial charge in [0, 0.05) is 11.1 Å². The largest absolute Gasteiger partial charge is 0.673 e. The molecule has 0 aliphatic heterocycles. The second kappa shape index (κ2) is 34.0. The minimum Gasteiger partial charge on any atom is -0.418 e. The van der Waals surface area contributed by atoms with E-state index in [1.165, 1.54) is 73.2 Å². The van der Waals surface area contributed by atoms with E-state index in [2.05, 4.69) is 169 Å². The molecule has 5 aromatic rings. The van der Waals surface area contributed by atoms with E-state index in [-0.39, 0.29) is 42.4 Å². The maximum atomic E-state index is 9.75. The first kappa shape index (κ1) is 61.6. The van der Waals surface area contributed by atoms with Gasteiger partial charge in [0.2, 0.25) is 0 Å². The standard InChI is InChI=1S/C26H38I.C13H12I.C7H8I.3BF4/c1-5-13-21(14-6-2)23-17-9-11-19-25(23)27-26-20-12-10-18-24(26)22(15-7-3)16-8-4;1-11-7-9-13(10-8-11)14-12-5-3-2-4-6-12;1-6-2-4-7(8)5-3-6;3*2-1(3,4)5/h9-12,17-22H,5-8,13-16H2,1-4H3;2-10H,1H3;2-5,8H,1H3;;;/q3*+1;3*-1. The predicted molar refractivity (Wildman–Crippen MR) is 232 cm³/mol. The molecule has 0 bridgehead atoms. The molecule has 0 spiro atoms. The molecule has 0 heterocycles. The summed E-state index contributed by atoms with van der Waals surface area (Å²) in [6.07, 6.45) is 10.4. The summed E-state index contributed by atoms with van der Waals surface area (Å²) >= 11 is 1.92. The predicted octanol–water partition coefficient (Wildman–Crippen LogP) is 7.66. The Morgan fingerprint density at radius 2 is 0.672 bits per heavy atom. The van der Waals surface area contributed by atoms with Crippen LogP contribution in [-0.4, -0.2) is 21.8 Å². The third-order valence-corrected chi connectivity index (χ3v) is 15.0. The molecular weight excluding hydrogens is 1190 g/mol. The van der Waals surface area contributed by atoms with E-state index in [1.807, 2.05) is 22.6 Å². The fourth-order valence-electron chi connectivity index (χ4n) is 5.94. The number of hydrogen-bond acceptors (Lipinski definition) is 0. The van der Waals surface area contributed by atoms with Crippen LogP contribution >= 0.6 is 0 Å². The zero-order valence-corrected chi connectivity index (χ0v) is 43.5. The molecule has 0 nitrogen and oxygen atoms in total. The Hall–Kier alpha value is -2.36. The van der Waals surface area contributed by atoms with Crippen LogP contribution in [0.1, 0.15) is 113 Å². The lowest BCUT2D eigenvalue weighted by Crippen LogP contribution is -3.62. The van der Waals surface area contributed by atoms with Gasteiger partial charge in [-0.2, -0.15) is 0 Å². The quantitative estimate of drug-likeness (QED) is 0.0610. The monoisotopic (exact) mass is 1250 g/mol. The molecule has 0 aromatic heterocycles. The summed E-state index contributed by atoms with van der Waals surface area (Å²) in [4.78, 5) is 0. The van der Waals surface area contributed by atoms with Gasteiger partial charge in [-0.25, -0.2) is 0 Å². The van der Waals surface area contributed by atoms with Crippen molar-refractivity contribution in [3.63, 3.8) is 0 Å². The first-order valence-electron chi connectivity index (χ1n) is 20.8. The molecule has 5 rings (SSSR count). The lowest BCUT2D eigenvalue weighted by Gasteiger charge is -2.17. The fraction of sp³-hybridized carbons (Fsp3) is 0.348. The summed E-state index contributed by atoms with van der Waals surface area (Å²) < 4.78 is 125. The number of benzene rings is 5. The van der Waals surface area contributed by atoms with Crippen LogP contribution < -0.4 is 65.0 Å². The van der Waals surface area contributed by atoms with Crippen molar-refractivity contribution in [3.8, 4) is 0 Å². The molecule has 18 heteroatoms. The van der Waals surface area contributed by atoms with Gasteiger partial charge < -0.3 is 51.8 Å². The van der Waals surface area contributed by atoms with E-state index in [0.29, 0.717) is 0 Å². The summed E-state index contributed by atoms with van der Waals surface area (Å²) in [6, 6.07) is 46.8. The molecule has 0 fully saturated rings. The minimum absolute atomic E-state index is 0.0159. The lowest BCUT2D eigenvalue weighted by atomic mass is 9.90. The third-order valence-electron chi connectivity index (χ3n) is 8.43. The average molecular weight is 1250 g/mol. The van der Waals surface area contributed by atoms with Crippen LogP contribution in [-0.2, 0) is 0 Å². The second-order valence-electron chi connectivity index (χ2n) is 14.2. The summed E-state index contributed by atoms with van der Waals surface area (Å²) in [5.41, 5.74) is 5.96. The van der Waals surface area contributed by atoms with Gasteiger partial charge in [0.1, 0.15) is 0 Å². The fourth-order valence-corrected chi connectivity index (χ4v) is 11.8. The van der Waals surface area contributed by atoms with Crippen molar-refractivity contribution in [2.45, 2.75) is 105 Å². The second-order valence-corrected chi connectivity index (χ2v) is 21.4. The van der Waals surface area contributed by atoms with E-state index in [9.17, 15) is 51.8 Å². The lowest BCUT2D eigenvalue weighted by molar-refractivity contribution is -0.599. The molecule has 0 aliphatic rings. The van der Waals surface area contributed by atoms with Crippen molar-refractivity contribution in [1.29, 1.82) is 0 Å². The highest BCUT2D eigenvalue weighted by Gasteiger charge is 2.28. The highest BCUT2D eigenvalue weighted by Crippen LogP contribution is 2.28. The Kier molecular flexibility index (Phi) is 32.8. The van der Waals surface area contributed by atoms with Gasteiger partial charge in [-0.3, -0.25) is 0 Å². The molecule has 5 aromatic carbocycles. The van der Waals surface area contributed by atoms with Gasteiger partial charge in [0.15, 0.2) is 17.9 Å². The van der Waals surface area contributed by atoms with Crippen LogP contribution in [0.3, 0.4) is 0 Å². The SMILES string of the molecule is CCCC(CCC)c1ccccc1[I+]c1ccccc1C(CCC)CCC.Cc1ccc([I+]c2ccccc2)cc1.Cc1ccc([IH+])cc1.F[B-](F)(F)F.F[B-](F)(F)F.F[B-](F)(F)F. The van der Waals surface area contributed by atoms with E-state index in [0.717, 1.165) is 11.8 Å². The molecule has 0 aliphatic carbocycles. The molecule has 0 saturated carbocycles. The first-order valence-corrected chi connectivity index (χ1v) is 26.3. The van der Waals surface area contributed by atoms with Gasteiger partial charge >= 0.3 is 64.2 Å². The molecule has 0 N–H and O–H groups in total. The molecule has 0 atom stereocenters. The van der Waals surface area contributed by atoms with Crippen molar-refractivity contribution in [2.24, 2.45) is 0 Å². The third kappa shape index (κ3) is 35.8. The van der Waals surface area contributed by atoms with Crippen LogP contribution in [0.25, 0.3) is 0 Å². The smallest absolute Gasteiger partial charge is 0.418 e. The summed E-state index contributed by atoms with van der Waals surface area (Å²) in [6.45, 7) is 13.5. The van der Waals surface area contributed by atoms with Crippen LogP contribution in [0.5, 0.6) is 0 Å². The van der Waals surface area contributed by atoms with Gasteiger partial charge in [0.05, 0.1) is 0 Å². The van der Waals surface area contributed by atoms with Crippen LogP contribution in [0, 0.1) is 31.7 Å². The van der Waals surface area contributed by atoms with E-state index < -0.39 is 21.8 Å². The minimum atomic E-state index is -6.00. The van der Waals surface area contributed by atoms with Gasteiger partial charge in [-0.15, -0.1) is 0 Å². The van der Waals surface area contributed by atoms with Gasteiger partial charge in [-0.05, 0) is 99.9 Å². The van der Waals surface area contributed by atoms with Crippen molar-refractivity contribution in [3.05, 3.63) is 167 Å². The van der Waals surface area contributed by atoms with Crippen LogP contribution in [0.4, 0.5) is 51.8 Å². The van der Waals surface area contributed by atoms with Gasteiger partial charge in [-0.1, -0.05) is 143 Å². The molecule has 64 heavy (non-hydrogen) atoms. The van der Waals surface area contributed by atoms with E-state index >= 15 is 0 Å². The van der Waals surface area contributed by atoms with Gasteiger partial charge in [0.25, 0.3) is 22.6 Å². The summed E-state index contributed by atoms with van der Waals surface area (Å²) in [5.74, 6) is 1.48. The number of aryl methyl sites for hydroxylation is 2. The number of hydrogen-bond donors (Lipinski definition) is 0. The van der Waals surface area contributed by atoms with E-state index in [4.69, 9.17) is 0 Å². The molecule has 0 radical (unpaired) electrons. The maximum Gasteiger partial charge on any atom is 0.673 e. The normalized spacial score (nSPS) is 11.0. The Labute approximate surface area is 407 Å². The Morgan fingerprint density at radius 3 is 0.984 bits per heavy atom. The van der Waals surface area contributed by atoms with Crippen LogP contribution in [0.2, 0.25) is 0 Å². The number of rotatable bonds is 14. The first-order chi connectivity index (χ1) is 29.9. The molecule has 0 saturated heterocycles.